The van der Waals surface area contributed by atoms with Crippen molar-refractivity contribution in [3.63, 3.8) is 0 Å². The Morgan fingerprint density at radius 2 is 2.00 bits per heavy atom. The van der Waals surface area contributed by atoms with E-state index in [9.17, 15) is 0 Å². The van der Waals surface area contributed by atoms with Gasteiger partial charge in [-0.2, -0.15) is 0 Å². The molecule has 4 nitrogen and oxygen atoms in total. The largest absolute Gasteiger partial charge is 0.396 e. The average Bonchev–Trinajstić information content (AvgIpc) is 2.44. The summed E-state index contributed by atoms with van der Waals surface area (Å²) in [5.41, 5.74) is 1.04. The fraction of sp³-hybridized carbons (Fsp3) is 0.533. The van der Waals surface area contributed by atoms with E-state index in [1.54, 1.807) is 0 Å². The molecule has 0 fully saturated rings. The van der Waals surface area contributed by atoms with E-state index in [2.05, 4.69) is 15.6 Å². The highest BCUT2D eigenvalue weighted by Gasteiger charge is 2.11. The molecule has 0 aliphatic rings. The van der Waals surface area contributed by atoms with Gasteiger partial charge in [-0.25, -0.2) is 0 Å². The number of nitrogens with zero attached hydrogens (tertiary/aromatic N) is 1. The summed E-state index contributed by atoms with van der Waals surface area (Å²) in [6.07, 6.45) is 0. The molecule has 0 radical (unpaired) electrons. The topological polar surface area (TPSA) is 56.7 Å². The molecule has 0 amide bonds. The number of nitrogens with one attached hydrogen (secondary N) is 2. The highest BCUT2D eigenvalue weighted by atomic mass is 127. The zero-order chi connectivity index (χ0) is 15.0. The van der Waals surface area contributed by atoms with E-state index in [-0.39, 0.29) is 42.5 Å². The van der Waals surface area contributed by atoms with Crippen LogP contribution in [0.3, 0.4) is 0 Å². The van der Waals surface area contributed by atoms with E-state index in [4.69, 9.17) is 16.7 Å². The van der Waals surface area contributed by atoms with Gasteiger partial charge >= 0.3 is 0 Å². The number of hydrogen-bond donors (Lipinski definition) is 3. The fourth-order valence-electron chi connectivity index (χ4n) is 1.73. The summed E-state index contributed by atoms with van der Waals surface area (Å²) in [6.45, 7) is 7.54. The van der Waals surface area contributed by atoms with Gasteiger partial charge in [0, 0.05) is 24.7 Å². The quantitative estimate of drug-likeness (QED) is 0.373. The highest BCUT2D eigenvalue weighted by Crippen LogP contribution is 2.21. The minimum atomic E-state index is 0. The van der Waals surface area contributed by atoms with Crippen LogP contribution in [0.25, 0.3) is 0 Å². The molecule has 2 unspecified atom stereocenters. The van der Waals surface area contributed by atoms with E-state index in [1.807, 2.05) is 45.0 Å². The summed E-state index contributed by atoms with van der Waals surface area (Å²) in [5.74, 6) is 0.890. The van der Waals surface area contributed by atoms with Crippen LogP contribution in [0.15, 0.2) is 29.3 Å². The molecular weight excluding hydrogens is 401 g/mol. The molecule has 0 aliphatic heterocycles. The van der Waals surface area contributed by atoms with Crippen LogP contribution >= 0.6 is 35.6 Å². The van der Waals surface area contributed by atoms with Crippen molar-refractivity contribution in [2.24, 2.45) is 10.9 Å². The first kappa shape index (κ1) is 20.5. The monoisotopic (exact) mass is 425 g/mol. The first-order valence-electron chi connectivity index (χ1n) is 6.98. The Kier molecular flexibility index (Phi) is 10.8. The summed E-state index contributed by atoms with van der Waals surface area (Å²) in [6, 6.07) is 7.83. The summed E-state index contributed by atoms with van der Waals surface area (Å²) < 4.78 is 0. The average molecular weight is 426 g/mol. The summed E-state index contributed by atoms with van der Waals surface area (Å²) in [5, 5.41) is 16.3. The maximum absolute atomic E-state index is 9.05. The first-order chi connectivity index (χ1) is 9.58. The molecule has 0 bridgehead atoms. The number of benzene rings is 1. The van der Waals surface area contributed by atoms with Crippen molar-refractivity contribution in [2.75, 3.05) is 19.7 Å². The number of rotatable bonds is 6. The van der Waals surface area contributed by atoms with Crippen molar-refractivity contribution >= 4 is 41.5 Å². The highest BCUT2D eigenvalue weighted by molar-refractivity contribution is 14.0. The maximum Gasteiger partial charge on any atom is 0.191 e. The number of guanidine groups is 1. The molecule has 1 rings (SSSR count). The molecule has 0 spiro atoms. The second kappa shape index (κ2) is 11.1. The zero-order valence-electron chi connectivity index (χ0n) is 12.8. The molecule has 6 heteroatoms. The molecule has 1 aromatic rings. The van der Waals surface area contributed by atoms with Gasteiger partial charge < -0.3 is 15.7 Å². The lowest BCUT2D eigenvalue weighted by atomic mass is 10.1. The molecular formula is C15H25ClIN3O. The molecule has 0 heterocycles. The molecule has 0 aromatic heterocycles. The minimum absolute atomic E-state index is 0. The van der Waals surface area contributed by atoms with Crippen molar-refractivity contribution in [3.8, 4) is 0 Å². The van der Waals surface area contributed by atoms with Crippen LogP contribution in [-0.2, 0) is 0 Å². The predicted octanol–water partition coefficient (Wildman–Crippen LogP) is 3.20. The molecule has 120 valence electrons. The normalized spacial score (nSPS) is 14.0. The Balaban J connectivity index is 0.00000400. The van der Waals surface area contributed by atoms with Gasteiger partial charge in [0.05, 0.1) is 6.04 Å². The third kappa shape index (κ3) is 7.33. The van der Waals surface area contributed by atoms with Crippen molar-refractivity contribution < 1.29 is 5.11 Å². The standard InChI is InChI=1S/C15H24ClN3O.HI/c1-4-17-15(18-9-11(2)10-20)19-12(3)13-7-5-6-8-14(13)16;/h5-8,11-12,20H,4,9-10H2,1-3H3,(H2,17,18,19);1H. The molecule has 0 saturated heterocycles. The predicted molar refractivity (Wildman–Crippen MR) is 101 cm³/mol. The van der Waals surface area contributed by atoms with E-state index < -0.39 is 0 Å². The molecule has 1 aromatic carbocycles. The number of aliphatic imine (C=N–C) groups is 1. The fourth-order valence-corrected chi connectivity index (χ4v) is 2.03. The Morgan fingerprint density at radius 3 is 2.57 bits per heavy atom. The Bertz CT molecular complexity index is 443. The minimum Gasteiger partial charge on any atom is -0.396 e. The van der Waals surface area contributed by atoms with Crippen LogP contribution in [0.1, 0.15) is 32.4 Å². The van der Waals surface area contributed by atoms with Gasteiger partial charge in [0.25, 0.3) is 0 Å². The third-order valence-electron chi connectivity index (χ3n) is 2.94. The smallest absolute Gasteiger partial charge is 0.191 e. The van der Waals surface area contributed by atoms with Crippen LogP contribution in [0.5, 0.6) is 0 Å². The summed E-state index contributed by atoms with van der Waals surface area (Å²) >= 11 is 6.20. The second-order valence-electron chi connectivity index (χ2n) is 4.89. The van der Waals surface area contributed by atoms with Crippen molar-refractivity contribution in [2.45, 2.75) is 26.8 Å². The van der Waals surface area contributed by atoms with Gasteiger partial charge in [0.2, 0.25) is 0 Å². The first-order valence-corrected chi connectivity index (χ1v) is 7.36. The summed E-state index contributed by atoms with van der Waals surface area (Å²) in [7, 11) is 0. The Hall–Kier alpha value is -0.530. The van der Waals surface area contributed by atoms with Gasteiger partial charge in [-0.05, 0) is 31.4 Å². The Labute approximate surface area is 149 Å². The number of aliphatic hydroxyl groups is 1. The lowest BCUT2D eigenvalue weighted by Crippen LogP contribution is -2.39. The zero-order valence-corrected chi connectivity index (χ0v) is 15.9. The van der Waals surface area contributed by atoms with Crippen molar-refractivity contribution in [1.29, 1.82) is 0 Å². The van der Waals surface area contributed by atoms with Gasteiger partial charge in [-0.3, -0.25) is 4.99 Å². The summed E-state index contributed by atoms with van der Waals surface area (Å²) in [4.78, 5) is 4.47. The van der Waals surface area contributed by atoms with Crippen molar-refractivity contribution in [3.05, 3.63) is 34.9 Å². The van der Waals surface area contributed by atoms with Gasteiger partial charge in [-0.1, -0.05) is 36.7 Å². The molecule has 0 saturated carbocycles. The van der Waals surface area contributed by atoms with Crippen LogP contribution in [0.4, 0.5) is 0 Å². The van der Waals surface area contributed by atoms with Gasteiger partial charge in [0.1, 0.15) is 0 Å². The van der Waals surface area contributed by atoms with E-state index >= 15 is 0 Å². The van der Waals surface area contributed by atoms with Crippen LogP contribution in [-0.4, -0.2) is 30.8 Å². The molecule has 0 aliphatic carbocycles. The number of aliphatic hydroxyl groups excluding tert-OH is 1. The van der Waals surface area contributed by atoms with Crippen LogP contribution < -0.4 is 10.6 Å². The maximum atomic E-state index is 9.05. The lowest BCUT2D eigenvalue weighted by molar-refractivity contribution is 0.241. The molecule has 2 atom stereocenters. The second-order valence-corrected chi connectivity index (χ2v) is 5.30. The van der Waals surface area contributed by atoms with Crippen molar-refractivity contribution in [1.82, 2.24) is 10.6 Å². The van der Waals surface area contributed by atoms with Crippen LogP contribution in [0.2, 0.25) is 5.02 Å². The molecule has 21 heavy (non-hydrogen) atoms. The van der Waals surface area contributed by atoms with E-state index in [0.717, 1.165) is 23.1 Å². The third-order valence-corrected chi connectivity index (χ3v) is 3.29. The SMILES string of the molecule is CCNC(=NCC(C)CO)NC(C)c1ccccc1Cl.I. The number of halogens is 2. The molecule has 3 N–H and O–H groups in total. The van der Waals surface area contributed by atoms with E-state index in [1.165, 1.54) is 0 Å². The van der Waals surface area contributed by atoms with E-state index in [0.29, 0.717) is 6.54 Å². The van der Waals surface area contributed by atoms with Crippen LogP contribution in [0, 0.1) is 5.92 Å². The van der Waals surface area contributed by atoms with Gasteiger partial charge in [0.15, 0.2) is 5.96 Å². The van der Waals surface area contributed by atoms with Gasteiger partial charge in [-0.15, -0.1) is 24.0 Å². The lowest BCUT2D eigenvalue weighted by Gasteiger charge is -2.19. The Morgan fingerprint density at radius 1 is 1.33 bits per heavy atom. The number of hydrogen-bond acceptors (Lipinski definition) is 2.